The van der Waals surface area contributed by atoms with Gasteiger partial charge in [-0.15, -0.1) is 10.2 Å². The lowest BCUT2D eigenvalue weighted by Gasteiger charge is -2.14. The molecule has 0 unspecified atom stereocenters. The molecule has 0 amide bonds. The van der Waals surface area contributed by atoms with E-state index >= 15 is 0 Å². The molecular weight excluding hydrogens is 395 g/mol. The van der Waals surface area contributed by atoms with Crippen LogP contribution < -0.4 is 15.4 Å². The molecule has 0 saturated heterocycles. The number of rotatable bonds is 10. The monoisotopic (exact) mass is 424 g/mol. The van der Waals surface area contributed by atoms with Gasteiger partial charge in [0.15, 0.2) is 5.96 Å². The molecule has 164 valence electrons. The van der Waals surface area contributed by atoms with E-state index in [4.69, 9.17) is 9.73 Å². The fraction of sp³-hybridized carbons (Fsp3) is 0.348. The molecule has 0 aliphatic carbocycles. The number of hydrogen-bond donors (Lipinski definition) is 2. The third kappa shape index (κ3) is 7.09. The van der Waals surface area contributed by atoms with Crippen LogP contribution in [0, 0.1) is 5.82 Å². The van der Waals surface area contributed by atoms with Crippen molar-refractivity contribution in [3.8, 4) is 5.75 Å². The number of benzene rings is 2. The molecule has 0 bridgehead atoms. The largest absolute Gasteiger partial charge is 0.497 e. The minimum Gasteiger partial charge on any atom is -0.497 e. The molecule has 0 saturated carbocycles. The predicted octanol–water partition coefficient (Wildman–Crippen LogP) is 2.97. The molecule has 7 nitrogen and oxygen atoms in total. The van der Waals surface area contributed by atoms with E-state index in [1.807, 2.05) is 28.8 Å². The molecule has 0 aliphatic rings. The van der Waals surface area contributed by atoms with E-state index < -0.39 is 0 Å². The molecule has 2 N–H and O–H groups in total. The van der Waals surface area contributed by atoms with Gasteiger partial charge in [0, 0.05) is 26.1 Å². The average molecular weight is 425 g/mol. The molecule has 0 spiro atoms. The Labute approximate surface area is 182 Å². The maximum absolute atomic E-state index is 13.1. The van der Waals surface area contributed by atoms with Gasteiger partial charge in [-0.25, -0.2) is 9.38 Å². The minimum absolute atomic E-state index is 0.222. The SMILES string of the molecule is CCc1nncn1CCNC(=NCc1ccc(OC)cc1)NCCc1ccc(F)cc1. The standard InChI is InChI=1S/C23H29FN6O/c1-3-22-29-28-17-30(22)15-14-26-23(25-13-12-18-4-8-20(24)9-5-18)27-16-19-6-10-21(31-2)11-7-19/h4-11,17H,3,12-16H2,1-2H3,(H2,25,26,27). The molecule has 31 heavy (non-hydrogen) atoms. The van der Waals surface area contributed by atoms with Gasteiger partial charge < -0.3 is 19.9 Å². The summed E-state index contributed by atoms with van der Waals surface area (Å²) in [6.45, 7) is 4.73. The summed E-state index contributed by atoms with van der Waals surface area (Å²) in [4.78, 5) is 4.71. The molecular formula is C23H29FN6O. The highest BCUT2D eigenvalue weighted by Crippen LogP contribution is 2.11. The van der Waals surface area contributed by atoms with E-state index in [1.165, 1.54) is 12.1 Å². The zero-order valence-corrected chi connectivity index (χ0v) is 18.0. The topological polar surface area (TPSA) is 76.4 Å². The number of aryl methyl sites for hydroxylation is 1. The summed E-state index contributed by atoms with van der Waals surface area (Å²) in [6.07, 6.45) is 3.36. The third-order valence-corrected chi connectivity index (χ3v) is 4.86. The van der Waals surface area contributed by atoms with Gasteiger partial charge in [0.05, 0.1) is 13.7 Å². The van der Waals surface area contributed by atoms with Gasteiger partial charge in [-0.3, -0.25) is 0 Å². The fourth-order valence-electron chi connectivity index (χ4n) is 3.09. The van der Waals surface area contributed by atoms with Crippen molar-refractivity contribution in [2.45, 2.75) is 32.9 Å². The van der Waals surface area contributed by atoms with Gasteiger partial charge in [0.1, 0.15) is 23.7 Å². The number of halogens is 1. The van der Waals surface area contributed by atoms with E-state index in [-0.39, 0.29) is 5.82 Å². The normalized spacial score (nSPS) is 11.4. The molecule has 1 heterocycles. The van der Waals surface area contributed by atoms with Crippen LogP contribution in [0.15, 0.2) is 59.9 Å². The van der Waals surface area contributed by atoms with Gasteiger partial charge in [0.2, 0.25) is 0 Å². The van der Waals surface area contributed by atoms with Crippen molar-refractivity contribution in [1.29, 1.82) is 0 Å². The fourth-order valence-corrected chi connectivity index (χ4v) is 3.09. The molecule has 3 rings (SSSR count). The summed E-state index contributed by atoms with van der Waals surface area (Å²) in [5.41, 5.74) is 2.16. The number of nitrogens with one attached hydrogen (secondary N) is 2. The smallest absolute Gasteiger partial charge is 0.191 e. The van der Waals surface area contributed by atoms with Crippen LogP contribution in [0.2, 0.25) is 0 Å². The van der Waals surface area contributed by atoms with Crippen molar-refractivity contribution in [2.24, 2.45) is 4.99 Å². The third-order valence-electron chi connectivity index (χ3n) is 4.86. The van der Waals surface area contributed by atoms with Crippen molar-refractivity contribution >= 4 is 5.96 Å². The number of nitrogens with zero attached hydrogens (tertiary/aromatic N) is 4. The Kier molecular flexibility index (Phi) is 8.39. The van der Waals surface area contributed by atoms with Crippen LogP contribution in [0.1, 0.15) is 23.9 Å². The number of aliphatic imine (C=N–C) groups is 1. The van der Waals surface area contributed by atoms with Gasteiger partial charge in [0.25, 0.3) is 0 Å². The van der Waals surface area contributed by atoms with Gasteiger partial charge >= 0.3 is 0 Å². The van der Waals surface area contributed by atoms with Crippen molar-refractivity contribution < 1.29 is 9.13 Å². The Balaban J connectivity index is 1.57. The number of hydrogen-bond acceptors (Lipinski definition) is 4. The Bertz CT molecular complexity index is 953. The zero-order valence-electron chi connectivity index (χ0n) is 18.0. The Morgan fingerprint density at radius 1 is 1.03 bits per heavy atom. The highest BCUT2D eigenvalue weighted by Gasteiger charge is 2.04. The van der Waals surface area contributed by atoms with Crippen molar-refractivity contribution in [2.75, 3.05) is 20.2 Å². The van der Waals surface area contributed by atoms with Gasteiger partial charge in [-0.1, -0.05) is 31.2 Å². The van der Waals surface area contributed by atoms with Gasteiger partial charge in [-0.05, 0) is 41.8 Å². The molecule has 2 aromatic carbocycles. The average Bonchev–Trinajstić information content (AvgIpc) is 3.26. The first-order valence-electron chi connectivity index (χ1n) is 10.4. The lowest BCUT2D eigenvalue weighted by molar-refractivity contribution is 0.414. The van der Waals surface area contributed by atoms with Crippen LogP contribution in [0.5, 0.6) is 5.75 Å². The summed E-state index contributed by atoms with van der Waals surface area (Å²) in [7, 11) is 1.65. The number of aromatic nitrogens is 3. The first-order chi connectivity index (χ1) is 15.2. The molecule has 0 aliphatic heterocycles. The molecule has 3 aromatic rings. The van der Waals surface area contributed by atoms with Crippen LogP contribution in [0.4, 0.5) is 4.39 Å². The summed E-state index contributed by atoms with van der Waals surface area (Å²) in [6, 6.07) is 14.4. The van der Waals surface area contributed by atoms with E-state index in [1.54, 1.807) is 25.6 Å². The number of ether oxygens (including phenoxy) is 1. The van der Waals surface area contributed by atoms with E-state index in [0.717, 1.165) is 48.0 Å². The maximum Gasteiger partial charge on any atom is 0.191 e. The van der Waals surface area contributed by atoms with E-state index in [0.29, 0.717) is 19.6 Å². The Hall–Kier alpha value is -3.42. The van der Waals surface area contributed by atoms with Crippen molar-refractivity contribution in [1.82, 2.24) is 25.4 Å². The van der Waals surface area contributed by atoms with E-state index in [9.17, 15) is 4.39 Å². The lowest BCUT2D eigenvalue weighted by atomic mass is 10.1. The molecule has 0 fully saturated rings. The highest BCUT2D eigenvalue weighted by atomic mass is 19.1. The van der Waals surface area contributed by atoms with Crippen LogP contribution >= 0.6 is 0 Å². The Morgan fingerprint density at radius 3 is 2.45 bits per heavy atom. The number of methoxy groups -OCH3 is 1. The second-order valence-corrected chi connectivity index (χ2v) is 7.04. The highest BCUT2D eigenvalue weighted by molar-refractivity contribution is 5.79. The van der Waals surface area contributed by atoms with Crippen LogP contribution in [-0.4, -0.2) is 40.9 Å². The minimum atomic E-state index is -0.222. The van der Waals surface area contributed by atoms with Gasteiger partial charge in [-0.2, -0.15) is 0 Å². The quantitative estimate of drug-likeness (QED) is 0.387. The van der Waals surface area contributed by atoms with E-state index in [2.05, 4.69) is 27.8 Å². The first kappa shape index (κ1) is 22.3. The maximum atomic E-state index is 13.1. The predicted molar refractivity (Wildman–Crippen MR) is 120 cm³/mol. The molecule has 1 aromatic heterocycles. The second-order valence-electron chi connectivity index (χ2n) is 7.04. The number of guanidine groups is 1. The van der Waals surface area contributed by atoms with Crippen LogP contribution in [-0.2, 0) is 25.9 Å². The summed E-state index contributed by atoms with van der Waals surface area (Å²) in [5.74, 6) is 2.29. The zero-order chi connectivity index (χ0) is 21.9. The molecule has 0 atom stereocenters. The summed E-state index contributed by atoms with van der Waals surface area (Å²) in [5, 5.41) is 14.8. The second kappa shape index (κ2) is 11.7. The summed E-state index contributed by atoms with van der Waals surface area (Å²) >= 11 is 0. The van der Waals surface area contributed by atoms with Crippen LogP contribution in [0.3, 0.4) is 0 Å². The molecule has 8 heteroatoms. The van der Waals surface area contributed by atoms with Crippen molar-refractivity contribution in [3.63, 3.8) is 0 Å². The molecule has 0 radical (unpaired) electrons. The first-order valence-corrected chi connectivity index (χ1v) is 10.4. The summed E-state index contributed by atoms with van der Waals surface area (Å²) < 4.78 is 20.3. The Morgan fingerprint density at radius 2 is 1.74 bits per heavy atom. The van der Waals surface area contributed by atoms with Crippen molar-refractivity contribution in [3.05, 3.63) is 77.6 Å². The lowest BCUT2D eigenvalue weighted by Crippen LogP contribution is -2.40. The van der Waals surface area contributed by atoms with Crippen LogP contribution in [0.25, 0.3) is 0 Å².